The van der Waals surface area contributed by atoms with Crippen LogP contribution in [0, 0.1) is 5.92 Å². The van der Waals surface area contributed by atoms with Crippen LogP contribution in [0.5, 0.6) is 0 Å². The predicted molar refractivity (Wildman–Crippen MR) is 104 cm³/mol. The standard InChI is InChI=1S/C20H25N3O4S/c24-19(15-5-8-28(26,27)12-15)23-16-1-2-17(23)10-20(25,9-16)13-22-7-4-14-3-6-21-11-18(14)22/h3-4,6-7,11,15-17,25H,1-2,5,8-10,12-13H2/t15-,16-,17-/m1/s1. The lowest BCUT2D eigenvalue weighted by Crippen LogP contribution is -2.56. The number of piperidine rings is 1. The van der Waals surface area contributed by atoms with Gasteiger partial charge in [-0.25, -0.2) is 8.42 Å². The van der Waals surface area contributed by atoms with Gasteiger partial charge >= 0.3 is 0 Å². The first kappa shape index (κ1) is 18.1. The van der Waals surface area contributed by atoms with Gasteiger partial charge < -0.3 is 14.6 Å². The number of amides is 1. The van der Waals surface area contributed by atoms with E-state index in [4.69, 9.17) is 0 Å². The number of aromatic nitrogens is 2. The first-order chi connectivity index (χ1) is 13.3. The maximum Gasteiger partial charge on any atom is 0.227 e. The largest absolute Gasteiger partial charge is 0.388 e. The Bertz CT molecular complexity index is 1020. The molecule has 3 atom stereocenters. The molecule has 2 aromatic heterocycles. The molecule has 2 bridgehead atoms. The van der Waals surface area contributed by atoms with Gasteiger partial charge in [0, 0.05) is 29.9 Å². The molecule has 0 aromatic carbocycles. The summed E-state index contributed by atoms with van der Waals surface area (Å²) in [6.07, 6.45) is 8.82. The van der Waals surface area contributed by atoms with E-state index < -0.39 is 21.4 Å². The van der Waals surface area contributed by atoms with Crippen molar-refractivity contribution in [1.29, 1.82) is 0 Å². The Morgan fingerprint density at radius 2 is 1.96 bits per heavy atom. The smallest absolute Gasteiger partial charge is 0.227 e. The zero-order valence-corrected chi connectivity index (χ0v) is 16.5. The number of sulfone groups is 1. The highest BCUT2D eigenvalue weighted by Gasteiger charge is 2.51. The summed E-state index contributed by atoms with van der Waals surface area (Å²) in [5, 5.41) is 12.5. The zero-order chi connectivity index (χ0) is 19.5. The van der Waals surface area contributed by atoms with Crippen molar-refractivity contribution in [1.82, 2.24) is 14.5 Å². The van der Waals surface area contributed by atoms with E-state index in [9.17, 15) is 18.3 Å². The van der Waals surface area contributed by atoms with Crippen LogP contribution in [0.15, 0.2) is 30.7 Å². The molecule has 8 heteroatoms. The minimum Gasteiger partial charge on any atom is -0.388 e. The van der Waals surface area contributed by atoms with Gasteiger partial charge in [-0.05, 0) is 44.2 Å². The molecule has 0 saturated carbocycles. The Morgan fingerprint density at radius 1 is 1.21 bits per heavy atom. The molecule has 3 saturated heterocycles. The van der Waals surface area contributed by atoms with E-state index in [2.05, 4.69) is 4.98 Å². The van der Waals surface area contributed by atoms with E-state index in [-0.39, 0.29) is 29.5 Å². The van der Waals surface area contributed by atoms with Gasteiger partial charge in [0.15, 0.2) is 9.84 Å². The maximum atomic E-state index is 13.0. The lowest BCUT2D eigenvalue weighted by Gasteiger charge is -2.44. The summed E-state index contributed by atoms with van der Waals surface area (Å²) in [7, 11) is -3.08. The van der Waals surface area contributed by atoms with Crippen molar-refractivity contribution in [3.05, 3.63) is 30.7 Å². The third kappa shape index (κ3) is 3.03. The number of carbonyl (C=O) groups is 1. The molecule has 3 fully saturated rings. The van der Waals surface area contributed by atoms with Crippen LogP contribution in [0.3, 0.4) is 0 Å². The minimum atomic E-state index is -3.08. The molecule has 3 aliphatic rings. The van der Waals surface area contributed by atoms with Crippen molar-refractivity contribution < 1.29 is 18.3 Å². The molecule has 28 heavy (non-hydrogen) atoms. The SMILES string of the molecule is O=C([C@@H]1CCS(=O)(=O)C1)N1[C@@H]2CC[C@@H]1CC(O)(Cn1ccc3ccncc31)C2. The van der Waals surface area contributed by atoms with Gasteiger partial charge in [-0.3, -0.25) is 9.78 Å². The Balaban J connectivity index is 1.34. The molecule has 7 nitrogen and oxygen atoms in total. The summed E-state index contributed by atoms with van der Waals surface area (Å²) in [6, 6.07) is 3.98. The monoisotopic (exact) mass is 403 g/mol. The van der Waals surface area contributed by atoms with Gasteiger partial charge in [-0.1, -0.05) is 0 Å². The summed E-state index contributed by atoms with van der Waals surface area (Å²) in [6.45, 7) is 0.481. The Labute approximate surface area is 164 Å². The Morgan fingerprint density at radius 3 is 2.64 bits per heavy atom. The van der Waals surface area contributed by atoms with E-state index in [1.54, 1.807) is 6.20 Å². The second kappa shape index (κ2) is 6.29. The van der Waals surface area contributed by atoms with E-state index >= 15 is 0 Å². The second-order valence-electron chi connectivity index (χ2n) is 8.74. The van der Waals surface area contributed by atoms with Crippen LogP contribution >= 0.6 is 0 Å². The van der Waals surface area contributed by atoms with Crippen molar-refractivity contribution in [2.24, 2.45) is 5.92 Å². The number of carbonyl (C=O) groups excluding carboxylic acids is 1. The van der Waals surface area contributed by atoms with Crippen molar-refractivity contribution >= 4 is 26.6 Å². The Hall–Kier alpha value is -1.93. The summed E-state index contributed by atoms with van der Waals surface area (Å²) < 4.78 is 25.6. The highest BCUT2D eigenvalue weighted by atomic mass is 32.2. The molecule has 0 aliphatic carbocycles. The van der Waals surface area contributed by atoms with Crippen LogP contribution in [0.1, 0.15) is 32.1 Å². The quantitative estimate of drug-likeness (QED) is 0.835. The Kier molecular flexibility index (Phi) is 4.07. The molecule has 3 aliphatic heterocycles. The third-order valence-electron chi connectivity index (χ3n) is 6.73. The number of pyridine rings is 1. The number of rotatable bonds is 3. The zero-order valence-electron chi connectivity index (χ0n) is 15.7. The highest BCUT2D eigenvalue weighted by Crippen LogP contribution is 2.43. The molecule has 5 heterocycles. The summed E-state index contributed by atoms with van der Waals surface area (Å²) >= 11 is 0. The normalized spacial score (nSPS) is 34.2. The molecule has 0 spiro atoms. The second-order valence-corrected chi connectivity index (χ2v) is 11.0. The first-order valence-corrected chi connectivity index (χ1v) is 11.8. The average molecular weight is 404 g/mol. The summed E-state index contributed by atoms with van der Waals surface area (Å²) in [5.74, 6) is -0.329. The van der Waals surface area contributed by atoms with Crippen LogP contribution in [0.2, 0.25) is 0 Å². The van der Waals surface area contributed by atoms with Gasteiger partial charge in [-0.15, -0.1) is 0 Å². The molecular weight excluding hydrogens is 378 g/mol. The molecule has 5 rings (SSSR count). The van der Waals surface area contributed by atoms with Gasteiger partial charge in [0.25, 0.3) is 0 Å². The lowest BCUT2D eigenvalue weighted by molar-refractivity contribution is -0.145. The van der Waals surface area contributed by atoms with Crippen LogP contribution < -0.4 is 0 Å². The topological polar surface area (TPSA) is 92.5 Å². The maximum absolute atomic E-state index is 13.0. The molecule has 150 valence electrons. The van der Waals surface area contributed by atoms with Gasteiger partial charge in [0.05, 0.1) is 41.3 Å². The van der Waals surface area contributed by atoms with Crippen molar-refractivity contribution in [2.45, 2.75) is 56.3 Å². The fraction of sp³-hybridized carbons (Fsp3) is 0.600. The number of hydrogen-bond acceptors (Lipinski definition) is 5. The van der Waals surface area contributed by atoms with E-state index in [0.29, 0.717) is 25.8 Å². The highest BCUT2D eigenvalue weighted by molar-refractivity contribution is 7.91. The van der Waals surface area contributed by atoms with Gasteiger partial charge in [-0.2, -0.15) is 0 Å². The van der Waals surface area contributed by atoms with Gasteiger partial charge in [0.1, 0.15) is 0 Å². The minimum absolute atomic E-state index is 0.000458. The molecule has 1 N–H and O–H groups in total. The van der Waals surface area contributed by atoms with E-state index in [1.807, 2.05) is 34.0 Å². The fourth-order valence-corrected chi connectivity index (χ4v) is 7.23. The molecule has 0 unspecified atom stereocenters. The molecular formula is C20H25N3O4S. The van der Waals surface area contributed by atoms with Crippen molar-refractivity contribution in [3.63, 3.8) is 0 Å². The summed E-state index contributed by atoms with van der Waals surface area (Å²) in [4.78, 5) is 19.1. The number of hydrogen-bond donors (Lipinski definition) is 1. The summed E-state index contributed by atoms with van der Waals surface area (Å²) in [5.41, 5.74) is 0.129. The lowest BCUT2D eigenvalue weighted by atomic mass is 9.85. The van der Waals surface area contributed by atoms with Crippen LogP contribution in [-0.2, 0) is 21.2 Å². The van der Waals surface area contributed by atoms with Crippen LogP contribution in [0.25, 0.3) is 10.9 Å². The first-order valence-electron chi connectivity index (χ1n) is 9.97. The van der Waals surface area contributed by atoms with E-state index in [0.717, 1.165) is 23.7 Å². The number of fused-ring (bicyclic) bond motifs is 3. The van der Waals surface area contributed by atoms with E-state index in [1.165, 1.54) is 0 Å². The number of aliphatic hydroxyl groups is 1. The predicted octanol–water partition coefficient (Wildman–Crippen LogP) is 1.36. The van der Waals surface area contributed by atoms with Crippen LogP contribution in [0.4, 0.5) is 0 Å². The van der Waals surface area contributed by atoms with Gasteiger partial charge in [0.2, 0.25) is 5.91 Å². The fourth-order valence-electron chi connectivity index (χ4n) is 5.50. The molecule has 0 radical (unpaired) electrons. The molecule has 1 amide bonds. The van der Waals surface area contributed by atoms with Crippen LogP contribution in [-0.4, -0.2) is 63.1 Å². The van der Waals surface area contributed by atoms with Crippen molar-refractivity contribution in [3.8, 4) is 0 Å². The van der Waals surface area contributed by atoms with Crippen molar-refractivity contribution in [2.75, 3.05) is 11.5 Å². The molecule has 2 aromatic rings. The average Bonchev–Trinajstić information content (AvgIpc) is 3.30. The number of nitrogens with zero attached hydrogens (tertiary/aromatic N) is 3. The third-order valence-corrected chi connectivity index (χ3v) is 8.50.